The zero-order chi connectivity index (χ0) is 12.3. The van der Waals surface area contributed by atoms with Gasteiger partial charge in [-0.2, -0.15) is 0 Å². The van der Waals surface area contributed by atoms with Gasteiger partial charge in [-0.3, -0.25) is 9.59 Å². The highest BCUT2D eigenvalue weighted by atomic mass is 16.4. The number of carbonyl (C=O) groups excluding carboxylic acids is 1. The molecule has 1 unspecified atom stereocenters. The number of carboxylic acids is 1. The summed E-state index contributed by atoms with van der Waals surface area (Å²) in [5, 5.41) is 8.73. The molecule has 1 heterocycles. The van der Waals surface area contributed by atoms with E-state index in [4.69, 9.17) is 10.8 Å². The van der Waals surface area contributed by atoms with Crippen LogP contribution in [-0.4, -0.2) is 21.6 Å². The van der Waals surface area contributed by atoms with Crippen molar-refractivity contribution < 1.29 is 14.7 Å². The molecule has 0 saturated carbocycles. The quantitative estimate of drug-likeness (QED) is 0.730. The second kappa shape index (κ2) is 4.61. The molecular weight excluding hydrogens is 212 g/mol. The summed E-state index contributed by atoms with van der Waals surface area (Å²) in [6, 6.07) is 2.66. The van der Waals surface area contributed by atoms with Gasteiger partial charge in [0.25, 0.3) is 5.56 Å². The van der Waals surface area contributed by atoms with Crippen molar-refractivity contribution in [3.8, 4) is 0 Å². The number of rotatable bonds is 4. The molecule has 6 heteroatoms. The molecule has 1 amide bonds. The Balaban J connectivity index is 3.07. The number of primary amides is 1. The molecule has 6 nitrogen and oxygen atoms in total. The number of hydrogen-bond donors (Lipinski definition) is 2. The van der Waals surface area contributed by atoms with Gasteiger partial charge in [-0.05, 0) is 12.1 Å². The fourth-order valence-electron chi connectivity index (χ4n) is 1.23. The lowest BCUT2D eigenvalue weighted by molar-refractivity contribution is -0.121. The van der Waals surface area contributed by atoms with Gasteiger partial charge in [-0.15, -0.1) is 0 Å². The summed E-state index contributed by atoms with van der Waals surface area (Å²) in [6.45, 7) is 1.65. The molecular formula is C10H12N2O4. The zero-order valence-corrected chi connectivity index (χ0v) is 8.71. The van der Waals surface area contributed by atoms with Crippen LogP contribution in [0.15, 0.2) is 23.1 Å². The number of aromatic nitrogens is 1. The third-order valence-corrected chi connectivity index (χ3v) is 2.21. The fraction of sp³-hybridized carbons (Fsp3) is 0.300. The molecule has 3 N–H and O–H groups in total. The van der Waals surface area contributed by atoms with E-state index in [1.165, 1.54) is 22.9 Å². The monoisotopic (exact) mass is 224 g/mol. The molecule has 1 aromatic rings. The van der Waals surface area contributed by atoms with Crippen LogP contribution >= 0.6 is 0 Å². The second-order valence-corrected chi connectivity index (χ2v) is 3.49. The minimum absolute atomic E-state index is 0.0787. The zero-order valence-electron chi connectivity index (χ0n) is 8.71. The normalized spacial score (nSPS) is 12.1. The first kappa shape index (κ1) is 12.0. The number of hydrogen-bond acceptors (Lipinski definition) is 3. The summed E-state index contributed by atoms with van der Waals surface area (Å²) in [7, 11) is 0. The van der Waals surface area contributed by atoms with Crippen LogP contribution in [0, 0.1) is 5.92 Å². The largest absolute Gasteiger partial charge is 0.477 e. The number of aromatic carboxylic acids is 1. The third kappa shape index (κ3) is 2.47. The SMILES string of the molecule is CC(Cn1cccc(C(=O)O)c1=O)C(N)=O. The predicted molar refractivity (Wildman–Crippen MR) is 56.0 cm³/mol. The maximum atomic E-state index is 11.6. The first-order valence-electron chi connectivity index (χ1n) is 4.65. The molecule has 0 bridgehead atoms. The Morgan fingerprint density at radius 3 is 2.69 bits per heavy atom. The lowest BCUT2D eigenvalue weighted by Gasteiger charge is -2.10. The minimum Gasteiger partial charge on any atom is -0.477 e. The number of pyridine rings is 1. The van der Waals surface area contributed by atoms with Crippen molar-refractivity contribution in [1.29, 1.82) is 0 Å². The molecule has 0 radical (unpaired) electrons. The van der Waals surface area contributed by atoms with Crippen LogP contribution < -0.4 is 11.3 Å². The van der Waals surface area contributed by atoms with E-state index in [1.807, 2.05) is 0 Å². The molecule has 0 spiro atoms. The first-order valence-corrected chi connectivity index (χ1v) is 4.65. The van der Waals surface area contributed by atoms with Gasteiger partial charge in [0.1, 0.15) is 5.56 Å². The molecule has 1 aromatic heterocycles. The molecule has 0 fully saturated rings. The average molecular weight is 224 g/mol. The Morgan fingerprint density at radius 1 is 1.56 bits per heavy atom. The van der Waals surface area contributed by atoms with Crippen LogP contribution in [-0.2, 0) is 11.3 Å². The standard InChI is InChI=1S/C10H12N2O4/c1-6(8(11)13)5-12-4-2-3-7(9(12)14)10(15)16/h2-4,6H,5H2,1H3,(H2,11,13)(H,15,16). The van der Waals surface area contributed by atoms with Crippen LogP contribution in [0.3, 0.4) is 0 Å². The number of nitrogens with zero attached hydrogens (tertiary/aromatic N) is 1. The molecule has 0 aliphatic rings. The van der Waals surface area contributed by atoms with Crippen LogP contribution in [0.5, 0.6) is 0 Å². The Hall–Kier alpha value is -2.11. The van der Waals surface area contributed by atoms with Crippen molar-refractivity contribution in [1.82, 2.24) is 4.57 Å². The molecule has 16 heavy (non-hydrogen) atoms. The number of nitrogens with two attached hydrogens (primary N) is 1. The van der Waals surface area contributed by atoms with E-state index in [9.17, 15) is 14.4 Å². The summed E-state index contributed by atoms with van der Waals surface area (Å²) in [6.07, 6.45) is 1.42. The van der Waals surface area contributed by atoms with Gasteiger partial charge in [-0.1, -0.05) is 6.92 Å². The summed E-state index contributed by atoms with van der Waals surface area (Å²) in [5.41, 5.74) is 4.10. The van der Waals surface area contributed by atoms with Crippen molar-refractivity contribution in [3.05, 3.63) is 34.2 Å². The third-order valence-electron chi connectivity index (χ3n) is 2.21. The van der Waals surface area contributed by atoms with Crippen molar-refractivity contribution in [2.75, 3.05) is 0 Å². The molecule has 1 rings (SSSR count). The average Bonchev–Trinajstić information content (AvgIpc) is 2.20. The van der Waals surface area contributed by atoms with Gasteiger partial charge in [0, 0.05) is 12.7 Å². The Morgan fingerprint density at radius 2 is 2.19 bits per heavy atom. The van der Waals surface area contributed by atoms with Gasteiger partial charge in [-0.25, -0.2) is 4.79 Å². The Labute approximate surface area is 91.3 Å². The predicted octanol–water partition coefficient (Wildman–Crippen LogP) is -0.332. The second-order valence-electron chi connectivity index (χ2n) is 3.49. The van der Waals surface area contributed by atoms with E-state index in [0.717, 1.165) is 0 Å². The fourth-order valence-corrected chi connectivity index (χ4v) is 1.23. The lowest BCUT2D eigenvalue weighted by atomic mass is 10.1. The highest BCUT2D eigenvalue weighted by Gasteiger charge is 2.14. The summed E-state index contributed by atoms with van der Waals surface area (Å²) in [5.74, 6) is -2.35. The van der Waals surface area contributed by atoms with Crippen LogP contribution in [0.2, 0.25) is 0 Å². The molecule has 0 aliphatic heterocycles. The summed E-state index contributed by atoms with van der Waals surface area (Å²) in [4.78, 5) is 33.1. The molecule has 0 aliphatic carbocycles. The van der Waals surface area contributed by atoms with E-state index in [2.05, 4.69) is 0 Å². The van der Waals surface area contributed by atoms with Crippen molar-refractivity contribution in [2.45, 2.75) is 13.5 Å². The topological polar surface area (TPSA) is 102 Å². The summed E-state index contributed by atoms with van der Waals surface area (Å²) >= 11 is 0. The van der Waals surface area contributed by atoms with Crippen LogP contribution in [0.25, 0.3) is 0 Å². The van der Waals surface area contributed by atoms with Gasteiger partial charge in [0.2, 0.25) is 5.91 Å². The maximum absolute atomic E-state index is 11.6. The summed E-state index contributed by atoms with van der Waals surface area (Å²) < 4.78 is 1.17. The van der Waals surface area contributed by atoms with Crippen molar-refractivity contribution in [2.24, 2.45) is 11.7 Å². The van der Waals surface area contributed by atoms with Gasteiger partial charge >= 0.3 is 5.97 Å². The Kier molecular flexibility index (Phi) is 3.44. The van der Waals surface area contributed by atoms with Gasteiger partial charge < -0.3 is 15.4 Å². The number of amides is 1. The molecule has 0 saturated heterocycles. The van der Waals surface area contributed by atoms with Crippen molar-refractivity contribution >= 4 is 11.9 Å². The molecule has 86 valence electrons. The van der Waals surface area contributed by atoms with E-state index in [-0.39, 0.29) is 12.1 Å². The Bertz CT molecular complexity index is 478. The lowest BCUT2D eigenvalue weighted by Crippen LogP contribution is -2.32. The minimum atomic E-state index is -1.29. The van der Waals surface area contributed by atoms with E-state index in [1.54, 1.807) is 6.92 Å². The smallest absolute Gasteiger partial charge is 0.341 e. The van der Waals surface area contributed by atoms with E-state index in [0.29, 0.717) is 0 Å². The maximum Gasteiger partial charge on any atom is 0.341 e. The first-order chi connectivity index (χ1) is 7.43. The van der Waals surface area contributed by atoms with Crippen LogP contribution in [0.1, 0.15) is 17.3 Å². The highest BCUT2D eigenvalue weighted by Crippen LogP contribution is 1.99. The highest BCUT2D eigenvalue weighted by molar-refractivity contribution is 5.87. The van der Waals surface area contributed by atoms with Crippen molar-refractivity contribution in [3.63, 3.8) is 0 Å². The molecule has 0 aromatic carbocycles. The van der Waals surface area contributed by atoms with Crippen LogP contribution in [0.4, 0.5) is 0 Å². The van der Waals surface area contributed by atoms with Gasteiger partial charge in [0.05, 0.1) is 5.92 Å². The number of carboxylic acid groups (broad SMARTS) is 1. The van der Waals surface area contributed by atoms with E-state index < -0.39 is 23.4 Å². The van der Waals surface area contributed by atoms with Gasteiger partial charge in [0.15, 0.2) is 0 Å². The van der Waals surface area contributed by atoms with E-state index >= 15 is 0 Å². The molecule has 1 atom stereocenters. The number of carbonyl (C=O) groups is 2.